The van der Waals surface area contributed by atoms with Crippen LogP contribution in [0.4, 0.5) is 5.69 Å². The van der Waals surface area contributed by atoms with Crippen LogP contribution in [0.1, 0.15) is 26.3 Å². The summed E-state index contributed by atoms with van der Waals surface area (Å²) in [6.45, 7) is 5.81. The number of nitrogen functional groups attached to an aromatic ring is 1. The van der Waals surface area contributed by atoms with Gasteiger partial charge in [-0.3, -0.25) is 4.79 Å². The number of nitrogens with two attached hydrogens (primary N) is 1. The van der Waals surface area contributed by atoms with Crippen molar-refractivity contribution in [2.75, 3.05) is 19.3 Å². The van der Waals surface area contributed by atoms with E-state index in [4.69, 9.17) is 5.73 Å². The number of carbonyl (C=O) groups is 1. The van der Waals surface area contributed by atoms with E-state index in [1.54, 1.807) is 13.1 Å². The minimum absolute atomic E-state index is 0.0657. The number of benzene rings is 1. The first kappa shape index (κ1) is 17.5. The largest absolute Gasteiger partial charge is 0.398 e. The lowest BCUT2D eigenvalue weighted by molar-refractivity contribution is -0.131. The number of sulfonamides is 1. The van der Waals surface area contributed by atoms with Gasteiger partial charge in [0.1, 0.15) is 0 Å². The summed E-state index contributed by atoms with van der Waals surface area (Å²) in [6.07, 6.45) is 0.732. The minimum Gasteiger partial charge on any atom is -0.398 e. The third-order valence-corrected chi connectivity index (χ3v) is 4.90. The lowest BCUT2D eigenvalue weighted by Crippen LogP contribution is -2.45. The van der Waals surface area contributed by atoms with Gasteiger partial charge in [0.25, 0.3) is 0 Å². The molecule has 0 aliphatic carbocycles. The average molecular weight is 313 g/mol. The van der Waals surface area contributed by atoms with Crippen molar-refractivity contribution in [3.63, 3.8) is 0 Å². The second-order valence-corrected chi connectivity index (χ2v) is 6.62. The highest BCUT2D eigenvalue weighted by atomic mass is 32.2. The maximum atomic E-state index is 12.3. The first-order valence-corrected chi connectivity index (χ1v) is 8.37. The van der Waals surface area contributed by atoms with Gasteiger partial charge in [-0.25, -0.2) is 8.42 Å². The molecule has 118 valence electrons. The molecule has 0 aliphatic heterocycles. The van der Waals surface area contributed by atoms with E-state index in [2.05, 4.69) is 4.72 Å². The van der Waals surface area contributed by atoms with Crippen LogP contribution in [0, 0.1) is 0 Å². The van der Waals surface area contributed by atoms with Gasteiger partial charge >= 0.3 is 0 Å². The van der Waals surface area contributed by atoms with E-state index in [-0.39, 0.29) is 10.8 Å². The fourth-order valence-corrected chi connectivity index (χ4v) is 3.13. The van der Waals surface area contributed by atoms with Crippen molar-refractivity contribution >= 4 is 21.6 Å². The summed E-state index contributed by atoms with van der Waals surface area (Å²) in [7, 11) is -2.15. The molecule has 1 unspecified atom stereocenters. The quantitative estimate of drug-likeness (QED) is 0.766. The van der Waals surface area contributed by atoms with E-state index >= 15 is 0 Å². The molecule has 1 aromatic carbocycles. The predicted molar refractivity (Wildman–Crippen MR) is 83.3 cm³/mol. The van der Waals surface area contributed by atoms with Crippen LogP contribution in [0.25, 0.3) is 0 Å². The molecule has 3 N–H and O–H groups in total. The standard InChI is InChI=1S/C14H23N3O3S/c1-5-11-7-8-12(9-13(11)15)21(19,20)16-10(3)14(18)17(4)6-2/h7-10,16H,5-6,15H2,1-4H3. The number of aryl methyl sites for hydroxylation is 1. The third kappa shape index (κ3) is 4.18. The first-order valence-electron chi connectivity index (χ1n) is 6.88. The van der Waals surface area contributed by atoms with Gasteiger partial charge in [-0.15, -0.1) is 0 Å². The van der Waals surface area contributed by atoms with Gasteiger partial charge < -0.3 is 10.6 Å². The van der Waals surface area contributed by atoms with Crippen LogP contribution in [0.15, 0.2) is 23.1 Å². The van der Waals surface area contributed by atoms with E-state index in [1.165, 1.54) is 24.0 Å². The van der Waals surface area contributed by atoms with E-state index in [1.807, 2.05) is 13.8 Å². The summed E-state index contributed by atoms with van der Waals surface area (Å²) < 4.78 is 26.9. The molecule has 0 aromatic heterocycles. The van der Waals surface area contributed by atoms with Crippen LogP contribution in [-0.2, 0) is 21.2 Å². The third-order valence-electron chi connectivity index (χ3n) is 3.36. The van der Waals surface area contributed by atoms with Crippen molar-refractivity contribution in [2.45, 2.75) is 38.1 Å². The van der Waals surface area contributed by atoms with E-state index in [0.717, 1.165) is 12.0 Å². The Morgan fingerprint density at radius 3 is 2.48 bits per heavy atom. The Balaban J connectivity index is 2.96. The highest BCUT2D eigenvalue weighted by molar-refractivity contribution is 7.89. The zero-order valence-electron chi connectivity index (χ0n) is 12.9. The molecule has 1 rings (SSSR count). The summed E-state index contributed by atoms with van der Waals surface area (Å²) >= 11 is 0. The van der Waals surface area contributed by atoms with Crippen LogP contribution in [0.5, 0.6) is 0 Å². The minimum atomic E-state index is -3.77. The summed E-state index contributed by atoms with van der Waals surface area (Å²) in [6, 6.07) is 3.78. The topological polar surface area (TPSA) is 92.5 Å². The number of carbonyl (C=O) groups excluding carboxylic acids is 1. The smallest absolute Gasteiger partial charge is 0.241 e. The Morgan fingerprint density at radius 1 is 1.38 bits per heavy atom. The number of rotatable bonds is 6. The predicted octanol–water partition coefficient (Wildman–Crippen LogP) is 0.976. The normalized spacial score (nSPS) is 13.0. The molecule has 21 heavy (non-hydrogen) atoms. The molecule has 0 spiro atoms. The number of hydrogen-bond acceptors (Lipinski definition) is 4. The van der Waals surface area contributed by atoms with E-state index < -0.39 is 16.1 Å². The lowest BCUT2D eigenvalue weighted by Gasteiger charge is -2.20. The molecule has 0 aliphatic rings. The van der Waals surface area contributed by atoms with Crippen LogP contribution in [0.3, 0.4) is 0 Å². The molecular formula is C14H23N3O3S. The Hall–Kier alpha value is -1.60. The van der Waals surface area contributed by atoms with Crippen LogP contribution in [-0.4, -0.2) is 38.9 Å². The molecule has 0 saturated carbocycles. The summed E-state index contributed by atoms with van der Waals surface area (Å²) in [5.74, 6) is -0.278. The Morgan fingerprint density at radius 2 is 2.00 bits per heavy atom. The van der Waals surface area contributed by atoms with Crippen molar-refractivity contribution in [1.82, 2.24) is 9.62 Å². The first-order chi connectivity index (χ1) is 9.72. The fourth-order valence-electron chi connectivity index (χ4n) is 1.90. The molecule has 0 saturated heterocycles. The number of nitrogens with zero attached hydrogens (tertiary/aromatic N) is 1. The Labute approximate surface area is 126 Å². The summed E-state index contributed by atoms with van der Waals surface area (Å²) in [5, 5.41) is 0. The van der Waals surface area contributed by atoms with Crippen LogP contribution < -0.4 is 10.5 Å². The van der Waals surface area contributed by atoms with Crippen LogP contribution in [0.2, 0.25) is 0 Å². The van der Waals surface area contributed by atoms with E-state index in [9.17, 15) is 13.2 Å². The molecule has 0 fully saturated rings. The number of amides is 1. The van der Waals surface area contributed by atoms with Gasteiger partial charge in [0, 0.05) is 19.3 Å². The van der Waals surface area contributed by atoms with Gasteiger partial charge in [0.2, 0.25) is 15.9 Å². The van der Waals surface area contributed by atoms with E-state index in [0.29, 0.717) is 12.2 Å². The zero-order chi connectivity index (χ0) is 16.2. The second kappa shape index (κ2) is 6.91. The van der Waals surface area contributed by atoms with Crippen molar-refractivity contribution in [3.05, 3.63) is 23.8 Å². The molecular weight excluding hydrogens is 290 g/mol. The molecule has 0 heterocycles. The molecule has 7 heteroatoms. The number of nitrogens with one attached hydrogen (secondary N) is 1. The molecule has 1 aromatic rings. The van der Waals surface area contributed by atoms with Gasteiger partial charge in [-0.1, -0.05) is 13.0 Å². The molecule has 6 nitrogen and oxygen atoms in total. The molecule has 1 atom stereocenters. The monoisotopic (exact) mass is 313 g/mol. The number of hydrogen-bond donors (Lipinski definition) is 2. The molecule has 0 bridgehead atoms. The van der Waals surface area contributed by atoms with Gasteiger partial charge in [-0.05, 0) is 38.0 Å². The van der Waals surface area contributed by atoms with Gasteiger partial charge in [0.15, 0.2) is 0 Å². The summed E-state index contributed by atoms with van der Waals surface area (Å²) in [4.78, 5) is 13.5. The van der Waals surface area contributed by atoms with Gasteiger partial charge in [-0.2, -0.15) is 4.72 Å². The van der Waals surface area contributed by atoms with Crippen molar-refractivity contribution < 1.29 is 13.2 Å². The maximum Gasteiger partial charge on any atom is 0.241 e. The number of anilines is 1. The Bertz CT molecular complexity index is 614. The highest BCUT2D eigenvalue weighted by Gasteiger charge is 2.24. The Kier molecular flexibility index (Phi) is 5.74. The summed E-state index contributed by atoms with van der Waals surface area (Å²) in [5.41, 5.74) is 7.15. The van der Waals surface area contributed by atoms with Crippen molar-refractivity contribution in [3.8, 4) is 0 Å². The second-order valence-electron chi connectivity index (χ2n) is 4.91. The highest BCUT2D eigenvalue weighted by Crippen LogP contribution is 2.18. The number of likely N-dealkylation sites (N-methyl/N-ethyl adjacent to an activating group) is 1. The van der Waals surface area contributed by atoms with Crippen molar-refractivity contribution in [1.29, 1.82) is 0 Å². The lowest BCUT2D eigenvalue weighted by atomic mass is 10.1. The van der Waals surface area contributed by atoms with Crippen molar-refractivity contribution in [2.24, 2.45) is 0 Å². The SMILES string of the molecule is CCc1ccc(S(=O)(=O)NC(C)C(=O)N(C)CC)cc1N. The van der Waals surface area contributed by atoms with Gasteiger partial charge in [0.05, 0.1) is 10.9 Å². The maximum absolute atomic E-state index is 12.3. The zero-order valence-corrected chi connectivity index (χ0v) is 13.7. The molecule has 1 amide bonds. The van der Waals surface area contributed by atoms with Crippen LogP contribution >= 0.6 is 0 Å². The molecule has 0 radical (unpaired) electrons. The average Bonchev–Trinajstić information content (AvgIpc) is 2.44. The fraction of sp³-hybridized carbons (Fsp3) is 0.500.